The van der Waals surface area contributed by atoms with Crippen molar-refractivity contribution in [1.82, 2.24) is 9.47 Å². The molecule has 1 aliphatic heterocycles. The Morgan fingerprint density at radius 1 is 1.04 bits per heavy atom. The van der Waals surface area contributed by atoms with Crippen molar-refractivity contribution in [3.63, 3.8) is 0 Å². The van der Waals surface area contributed by atoms with Crippen LogP contribution in [0.25, 0.3) is 11.1 Å². The number of hydrogen-bond donors (Lipinski definition) is 0. The number of oxazole rings is 1. The van der Waals surface area contributed by atoms with Gasteiger partial charge in [-0.2, -0.15) is 0 Å². The molecule has 1 amide bonds. The van der Waals surface area contributed by atoms with E-state index in [-0.39, 0.29) is 12.5 Å². The Kier molecular flexibility index (Phi) is 4.48. The number of rotatable bonds is 3. The van der Waals surface area contributed by atoms with Gasteiger partial charge in [-0.3, -0.25) is 9.36 Å². The standard InChI is InChI=1S/C21H23N3O3/c1-15-7-8-16(2)18(13-15)22-9-11-23(12-10-22)20(25)14-24-17-5-3-4-6-19(17)27-21(24)26/h3-8,13H,9-12,14H2,1-2H3. The van der Waals surface area contributed by atoms with Gasteiger partial charge in [0, 0.05) is 31.9 Å². The summed E-state index contributed by atoms with van der Waals surface area (Å²) in [7, 11) is 0. The summed E-state index contributed by atoms with van der Waals surface area (Å²) in [5.74, 6) is -0.539. The van der Waals surface area contributed by atoms with Crippen molar-refractivity contribution in [1.29, 1.82) is 0 Å². The number of fused-ring (bicyclic) bond motifs is 1. The third-order valence-electron chi connectivity index (χ3n) is 5.20. The van der Waals surface area contributed by atoms with Crippen molar-refractivity contribution in [2.24, 2.45) is 0 Å². The minimum atomic E-state index is -0.487. The van der Waals surface area contributed by atoms with Crippen molar-refractivity contribution >= 4 is 22.7 Å². The molecule has 0 atom stereocenters. The number of amides is 1. The number of benzene rings is 2. The molecule has 0 aliphatic carbocycles. The number of piperazine rings is 1. The van der Waals surface area contributed by atoms with E-state index in [0.29, 0.717) is 24.2 Å². The van der Waals surface area contributed by atoms with Crippen LogP contribution in [0.4, 0.5) is 5.69 Å². The molecule has 6 nitrogen and oxygen atoms in total. The van der Waals surface area contributed by atoms with Crippen LogP contribution in [0.15, 0.2) is 51.7 Å². The predicted octanol–water partition coefficient (Wildman–Crippen LogP) is 2.56. The summed E-state index contributed by atoms with van der Waals surface area (Å²) in [5, 5.41) is 0. The third kappa shape index (κ3) is 3.35. The Balaban J connectivity index is 1.45. The molecule has 27 heavy (non-hydrogen) atoms. The van der Waals surface area contributed by atoms with E-state index in [9.17, 15) is 9.59 Å². The lowest BCUT2D eigenvalue weighted by Crippen LogP contribution is -2.50. The highest BCUT2D eigenvalue weighted by molar-refractivity contribution is 5.80. The highest BCUT2D eigenvalue weighted by atomic mass is 16.4. The van der Waals surface area contributed by atoms with Crippen LogP contribution in [0.5, 0.6) is 0 Å². The lowest BCUT2D eigenvalue weighted by molar-refractivity contribution is -0.132. The van der Waals surface area contributed by atoms with E-state index in [4.69, 9.17) is 4.42 Å². The first-order chi connectivity index (χ1) is 13.0. The van der Waals surface area contributed by atoms with Crippen LogP contribution in [-0.2, 0) is 11.3 Å². The molecule has 0 spiro atoms. The SMILES string of the molecule is Cc1ccc(C)c(N2CCN(C(=O)Cn3c(=O)oc4ccccc43)CC2)c1. The van der Waals surface area contributed by atoms with E-state index in [2.05, 4.69) is 36.9 Å². The van der Waals surface area contributed by atoms with Gasteiger partial charge in [-0.15, -0.1) is 0 Å². The smallest absolute Gasteiger partial charge is 0.408 e. The molecule has 2 aromatic carbocycles. The Bertz CT molecular complexity index is 1040. The van der Waals surface area contributed by atoms with Gasteiger partial charge in [-0.25, -0.2) is 4.79 Å². The molecule has 1 aromatic heterocycles. The Labute approximate surface area is 157 Å². The second kappa shape index (κ2) is 6.95. The van der Waals surface area contributed by atoms with E-state index in [0.717, 1.165) is 13.1 Å². The molecule has 1 aliphatic rings. The van der Waals surface area contributed by atoms with Crippen LogP contribution in [0.1, 0.15) is 11.1 Å². The second-order valence-corrected chi connectivity index (χ2v) is 7.08. The molecule has 0 radical (unpaired) electrons. The normalized spacial score (nSPS) is 14.7. The lowest BCUT2D eigenvalue weighted by atomic mass is 10.1. The number of aromatic nitrogens is 1. The number of aryl methyl sites for hydroxylation is 2. The fourth-order valence-corrected chi connectivity index (χ4v) is 3.66. The van der Waals surface area contributed by atoms with Crippen molar-refractivity contribution in [2.75, 3.05) is 31.1 Å². The van der Waals surface area contributed by atoms with E-state index in [1.54, 1.807) is 12.1 Å². The first-order valence-electron chi connectivity index (χ1n) is 9.21. The molecule has 6 heteroatoms. The van der Waals surface area contributed by atoms with E-state index in [1.807, 2.05) is 17.0 Å². The maximum Gasteiger partial charge on any atom is 0.420 e. The molecular weight excluding hydrogens is 342 g/mol. The number of para-hydroxylation sites is 2. The van der Waals surface area contributed by atoms with Crippen molar-refractivity contribution in [2.45, 2.75) is 20.4 Å². The molecule has 1 saturated heterocycles. The number of nitrogens with zero attached hydrogens (tertiary/aromatic N) is 3. The fourth-order valence-electron chi connectivity index (χ4n) is 3.66. The van der Waals surface area contributed by atoms with Crippen molar-refractivity contribution < 1.29 is 9.21 Å². The highest BCUT2D eigenvalue weighted by Crippen LogP contribution is 2.23. The molecule has 140 valence electrons. The van der Waals surface area contributed by atoms with Crippen molar-refractivity contribution in [3.8, 4) is 0 Å². The van der Waals surface area contributed by atoms with Gasteiger partial charge in [0.15, 0.2) is 5.58 Å². The number of anilines is 1. The number of hydrogen-bond acceptors (Lipinski definition) is 4. The third-order valence-corrected chi connectivity index (χ3v) is 5.20. The molecule has 1 fully saturated rings. The average Bonchev–Trinajstić information content (AvgIpc) is 2.99. The van der Waals surface area contributed by atoms with Crippen LogP contribution in [0.2, 0.25) is 0 Å². The second-order valence-electron chi connectivity index (χ2n) is 7.08. The van der Waals surface area contributed by atoms with Crippen LogP contribution in [0.3, 0.4) is 0 Å². The van der Waals surface area contributed by atoms with Crippen LogP contribution >= 0.6 is 0 Å². The predicted molar refractivity (Wildman–Crippen MR) is 105 cm³/mol. The molecule has 0 bridgehead atoms. The van der Waals surface area contributed by atoms with Gasteiger partial charge in [0.1, 0.15) is 6.54 Å². The summed E-state index contributed by atoms with van der Waals surface area (Å²) >= 11 is 0. The summed E-state index contributed by atoms with van der Waals surface area (Å²) in [6.45, 7) is 7.10. The molecule has 2 heterocycles. The van der Waals surface area contributed by atoms with Gasteiger partial charge in [-0.05, 0) is 43.2 Å². The summed E-state index contributed by atoms with van der Waals surface area (Å²) in [5.41, 5.74) is 4.89. The maximum atomic E-state index is 12.7. The zero-order valence-electron chi connectivity index (χ0n) is 15.6. The van der Waals surface area contributed by atoms with Crippen LogP contribution < -0.4 is 10.7 Å². The molecule has 0 N–H and O–H groups in total. The van der Waals surface area contributed by atoms with Gasteiger partial charge in [0.25, 0.3) is 0 Å². The van der Waals surface area contributed by atoms with Crippen LogP contribution in [-0.4, -0.2) is 41.6 Å². The number of carbonyl (C=O) groups is 1. The summed E-state index contributed by atoms with van der Waals surface area (Å²) in [6, 6.07) is 13.6. The van der Waals surface area contributed by atoms with Crippen molar-refractivity contribution in [3.05, 3.63) is 64.1 Å². The van der Waals surface area contributed by atoms with Gasteiger partial charge in [0.2, 0.25) is 5.91 Å². The lowest BCUT2D eigenvalue weighted by Gasteiger charge is -2.37. The minimum Gasteiger partial charge on any atom is -0.408 e. The summed E-state index contributed by atoms with van der Waals surface area (Å²) in [4.78, 5) is 29.0. The molecule has 0 unspecified atom stereocenters. The Hall–Kier alpha value is -3.02. The number of carbonyl (C=O) groups excluding carboxylic acids is 1. The Morgan fingerprint density at radius 2 is 1.78 bits per heavy atom. The quantitative estimate of drug-likeness (QED) is 0.716. The van der Waals surface area contributed by atoms with Gasteiger partial charge >= 0.3 is 5.76 Å². The van der Waals surface area contributed by atoms with Crippen LogP contribution in [0, 0.1) is 13.8 Å². The minimum absolute atomic E-state index is 0.0132. The Morgan fingerprint density at radius 3 is 2.56 bits per heavy atom. The van der Waals surface area contributed by atoms with Gasteiger partial charge in [0.05, 0.1) is 5.52 Å². The maximum absolute atomic E-state index is 12.7. The van der Waals surface area contributed by atoms with Gasteiger partial charge < -0.3 is 14.2 Å². The first-order valence-corrected chi connectivity index (χ1v) is 9.21. The zero-order chi connectivity index (χ0) is 19.0. The summed E-state index contributed by atoms with van der Waals surface area (Å²) in [6.07, 6.45) is 0. The van der Waals surface area contributed by atoms with E-state index >= 15 is 0 Å². The van der Waals surface area contributed by atoms with E-state index < -0.39 is 5.76 Å². The largest absolute Gasteiger partial charge is 0.420 e. The fraction of sp³-hybridized carbons (Fsp3) is 0.333. The monoisotopic (exact) mass is 365 g/mol. The van der Waals surface area contributed by atoms with Gasteiger partial charge in [-0.1, -0.05) is 24.3 Å². The molecule has 3 aromatic rings. The zero-order valence-corrected chi connectivity index (χ0v) is 15.6. The molecular formula is C21H23N3O3. The topological polar surface area (TPSA) is 58.7 Å². The summed E-state index contributed by atoms with van der Waals surface area (Å²) < 4.78 is 6.63. The molecule has 4 rings (SSSR count). The molecule has 0 saturated carbocycles. The first kappa shape index (κ1) is 17.4. The highest BCUT2D eigenvalue weighted by Gasteiger charge is 2.23. The van der Waals surface area contributed by atoms with E-state index in [1.165, 1.54) is 21.4 Å². The average molecular weight is 365 g/mol.